The lowest BCUT2D eigenvalue weighted by Crippen LogP contribution is -2.28. The molecule has 27 heavy (non-hydrogen) atoms. The summed E-state index contributed by atoms with van der Waals surface area (Å²) in [6.07, 6.45) is 5.47. The standard InChI is InChI=1S/C21H18Cl2O4/c22-21(23,20(25)27-16-13-18-9-5-2-6-10-18)14-11-19(24)26-15-12-17-7-3-1-4-8-17/h1-10,12-13,15-16H,11,14H2. The fourth-order valence-electron chi connectivity index (χ4n) is 2.00. The van der Waals surface area contributed by atoms with Crippen molar-refractivity contribution in [3.8, 4) is 0 Å². The summed E-state index contributed by atoms with van der Waals surface area (Å²) >= 11 is 11.9. The first-order valence-electron chi connectivity index (χ1n) is 8.19. The van der Waals surface area contributed by atoms with Gasteiger partial charge in [0.15, 0.2) is 0 Å². The Morgan fingerprint density at radius 2 is 1.30 bits per heavy atom. The summed E-state index contributed by atoms with van der Waals surface area (Å²) in [6.45, 7) is 0. The molecular formula is C21H18Cl2O4. The summed E-state index contributed by atoms with van der Waals surface area (Å²) in [7, 11) is 0. The topological polar surface area (TPSA) is 52.6 Å². The van der Waals surface area contributed by atoms with Gasteiger partial charge < -0.3 is 9.47 Å². The second kappa shape index (κ2) is 10.6. The van der Waals surface area contributed by atoms with Crippen LogP contribution in [0, 0.1) is 0 Å². The Balaban J connectivity index is 1.75. The molecule has 0 bridgehead atoms. The Labute approximate surface area is 168 Å². The third-order valence-electron chi connectivity index (χ3n) is 3.44. The van der Waals surface area contributed by atoms with E-state index in [1.807, 2.05) is 60.7 Å². The number of ether oxygens (including phenoxy) is 2. The molecule has 0 radical (unpaired) electrons. The molecule has 0 atom stereocenters. The zero-order valence-electron chi connectivity index (χ0n) is 14.4. The molecule has 0 saturated heterocycles. The van der Waals surface area contributed by atoms with Gasteiger partial charge in [-0.15, -0.1) is 0 Å². The van der Waals surface area contributed by atoms with Crippen LogP contribution < -0.4 is 0 Å². The molecule has 4 nitrogen and oxygen atoms in total. The molecule has 0 amide bonds. The van der Waals surface area contributed by atoms with Crippen LogP contribution in [0.1, 0.15) is 24.0 Å². The van der Waals surface area contributed by atoms with E-state index in [1.54, 1.807) is 12.2 Å². The molecule has 0 N–H and O–H groups in total. The number of esters is 2. The smallest absolute Gasteiger partial charge is 0.347 e. The van der Waals surface area contributed by atoms with Gasteiger partial charge in [-0.3, -0.25) is 4.79 Å². The first-order valence-corrected chi connectivity index (χ1v) is 8.94. The number of halogens is 2. The molecule has 2 aromatic carbocycles. The first-order chi connectivity index (χ1) is 13.0. The van der Waals surface area contributed by atoms with E-state index in [0.29, 0.717) is 0 Å². The van der Waals surface area contributed by atoms with Crippen LogP contribution in [0.3, 0.4) is 0 Å². The Hall–Kier alpha value is -2.56. The van der Waals surface area contributed by atoms with Gasteiger partial charge in [-0.05, 0) is 23.3 Å². The van der Waals surface area contributed by atoms with Gasteiger partial charge in [0.25, 0.3) is 0 Å². The van der Waals surface area contributed by atoms with E-state index in [2.05, 4.69) is 0 Å². The third kappa shape index (κ3) is 7.69. The van der Waals surface area contributed by atoms with E-state index in [-0.39, 0.29) is 12.8 Å². The maximum atomic E-state index is 12.0. The number of rotatable bonds is 8. The number of alkyl halides is 2. The average Bonchev–Trinajstić information content (AvgIpc) is 2.68. The summed E-state index contributed by atoms with van der Waals surface area (Å²) in [4.78, 5) is 23.7. The molecule has 0 aliphatic rings. The summed E-state index contributed by atoms with van der Waals surface area (Å²) in [5, 5.41) is 0. The molecule has 0 saturated carbocycles. The van der Waals surface area contributed by atoms with Crippen molar-refractivity contribution in [1.29, 1.82) is 0 Å². The van der Waals surface area contributed by atoms with Crippen LogP contribution in [0.4, 0.5) is 0 Å². The molecule has 0 fully saturated rings. The minimum Gasteiger partial charge on any atom is -0.434 e. The van der Waals surface area contributed by atoms with Crippen molar-refractivity contribution in [3.63, 3.8) is 0 Å². The maximum Gasteiger partial charge on any atom is 0.347 e. The highest BCUT2D eigenvalue weighted by Crippen LogP contribution is 2.29. The lowest BCUT2D eigenvalue weighted by molar-refractivity contribution is -0.140. The third-order valence-corrected chi connectivity index (χ3v) is 4.12. The van der Waals surface area contributed by atoms with Crippen molar-refractivity contribution in [2.75, 3.05) is 0 Å². The number of carbonyl (C=O) groups is 2. The predicted molar refractivity (Wildman–Crippen MR) is 107 cm³/mol. The Morgan fingerprint density at radius 3 is 1.81 bits per heavy atom. The van der Waals surface area contributed by atoms with Gasteiger partial charge in [0.05, 0.1) is 12.5 Å². The summed E-state index contributed by atoms with van der Waals surface area (Å²) in [5.41, 5.74) is 1.75. The van der Waals surface area contributed by atoms with E-state index in [0.717, 1.165) is 11.1 Å². The molecule has 0 aromatic heterocycles. The molecule has 2 aromatic rings. The van der Waals surface area contributed by atoms with Crippen LogP contribution in [0.15, 0.2) is 73.2 Å². The molecule has 2 rings (SSSR count). The van der Waals surface area contributed by atoms with Gasteiger partial charge in [0.1, 0.15) is 0 Å². The molecule has 6 heteroatoms. The van der Waals surface area contributed by atoms with Crippen LogP contribution in [0.25, 0.3) is 12.2 Å². The van der Waals surface area contributed by atoms with Crippen molar-refractivity contribution in [3.05, 3.63) is 84.3 Å². The monoisotopic (exact) mass is 404 g/mol. The van der Waals surface area contributed by atoms with Crippen LogP contribution in [-0.2, 0) is 19.1 Å². The summed E-state index contributed by atoms with van der Waals surface area (Å²) < 4.78 is 8.05. The zero-order chi connectivity index (χ0) is 19.5. The summed E-state index contributed by atoms with van der Waals surface area (Å²) in [5.74, 6) is -1.41. The minimum absolute atomic E-state index is 0.133. The number of hydrogen-bond donors (Lipinski definition) is 0. The van der Waals surface area contributed by atoms with Crippen molar-refractivity contribution in [2.45, 2.75) is 17.2 Å². The molecule has 140 valence electrons. The van der Waals surface area contributed by atoms with Crippen molar-refractivity contribution < 1.29 is 19.1 Å². The van der Waals surface area contributed by atoms with Gasteiger partial charge in [-0.25, -0.2) is 4.79 Å². The van der Waals surface area contributed by atoms with Crippen LogP contribution in [0.2, 0.25) is 0 Å². The van der Waals surface area contributed by atoms with E-state index >= 15 is 0 Å². The molecule has 0 heterocycles. The first kappa shape index (κ1) is 20.7. The lowest BCUT2D eigenvalue weighted by atomic mass is 10.2. The number of hydrogen-bond acceptors (Lipinski definition) is 4. The van der Waals surface area contributed by atoms with E-state index in [1.165, 1.54) is 12.5 Å². The second-order valence-electron chi connectivity index (χ2n) is 5.53. The maximum absolute atomic E-state index is 12.0. The molecular weight excluding hydrogens is 387 g/mol. The molecule has 0 aliphatic carbocycles. The van der Waals surface area contributed by atoms with Gasteiger partial charge >= 0.3 is 11.9 Å². The van der Waals surface area contributed by atoms with Gasteiger partial charge in [0, 0.05) is 12.8 Å². The van der Waals surface area contributed by atoms with Gasteiger partial charge in [-0.2, -0.15) is 0 Å². The van der Waals surface area contributed by atoms with Crippen LogP contribution in [0.5, 0.6) is 0 Å². The predicted octanol–water partition coefficient (Wildman–Crippen LogP) is 5.37. The Morgan fingerprint density at radius 1 is 0.815 bits per heavy atom. The van der Waals surface area contributed by atoms with Crippen LogP contribution in [-0.4, -0.2) is 16.3 Å². The molecule has 0 spiro atoms. The summed E-state index contributed by atoms with van der Waals surface area (Å²) in [6, 6.07) is 18.6. The zero-order valence-corrected chi connectivity index (χ0v) is 15.9. The lowest BCUT2D eigenvalue weighted by Gasteiger charge is -2.15. The highest BCUT2D eigenvalue weighted by molar-refractivity contribution is 6.57. The highest BCUT2D eigenvalue weighted by atomic mass is 35.5. The SMILES string of the molecule is O=C(CCC(Cl)(Cl)C(=O)OC=Cc1ccccc1)OC=Cc1ccccc1. The van der Waals surface area contributed by atoms with Crippen molar-refractivity contribution in [2.24, 2.45) is 0 Å². The van der Waals surface area contributed by atoms with Gasteiger partial charge in [0.2, 0.25) is 4.33 Å². The largest absolute Gasteiger partial charge is 0.434 e. The average molecular weight is 405 g/mol. The normalized spacial score (nSPS) is 11.6. The number of carbonyl (C=O) groups excluding carboxylic acids is 2. The fraction of sp³-hybridized carbons (Fsp3) is 0.143. The van der Waals surface area contributed by atoms with E-state index < -0.39 is 16.3 Å². The van der Waals surface area contributed by atoms with Crippen molar-refractivity contribution in [1.82, 2.24) is 0 Å². The van der Waals surface area contributed by atoms with Crippen LogP contribution >= 0.6 is 23.2 Å². The Bertz CT molecular complexity index is 799. The highest BCUT2D eigenvalue weighted by Gasteiger charge is 2.35. The van der Waals surface area contributed by atoms with E-state index in [9.17, 15) is 9.59 Å². The van der Waals surface area contributed by atoms with Gasteiger partial charge in [-0.1, -0.05) is 83.9 Å². The molecule has 0 unspecified atom stereocenters. The van der Waals surface area contributed by atoms with E-state index in [4.69, 9.17) is 32.7 Å². The molecule has 0 aliphatic heterocycles. The van der Waals surface area contributed by atoms with Crippen molar-refractivity contribution >= 4 is 47.3 Å². The number of benzene rings is 2. The Kier molecular flexibility index (Phi) is 8.11. The fourth-order valence-corrected chi connectivity index (χ4v) is 2.28. The minimum atomic E-state index is -1.84. The quantitative estimate of drug-likeness (QED) is 0.337. The second-order valence-corrected chi connectivity index (χ2v) is 7.01.